The first-order valence-electron chi connectivity index (χ1n) is 5.72. The molecule has 0 aliphatic heterocycles. The van der Waals surface area contributed by atoms with E-state index in [1.165, 1.54) is 0 Å². The van der Waals surface area contributed by atoms with E-state index in [-0.39, 0.29) is 6.04 Å². The molecule has 0 saturated carbocycles. The summed E-state index contributed by atoms with van der Waals surface area (Å²) >= 11 is 1.60. The third-order valence-corrected chi connectivity index (χ3v) is 3.64. The van der Waals surface area contributed by atoms with Gasteiger partial charge in [-0.2, -0.15) is 0 Å². The first-order valence-corrected chi connectivity index (χ1v) is 6.60. The van der Waals surface area contributed by atoms with Gasteiger partial charge in [0.1, 0.15) is 10.5 Å². The minimum absolute atomic E-state index is 0.0342. The fourth-order valence-electron chi connectivity index (χ4n) is 1.80. The Morgan fingerprint density at radius 3 is 2.89 bits per heavy atom. The summed E-state index contributed by atoms with van der Waals surface area (Å²) in [5, 5.41) is 2.96. The number of nitrogens with two attached hydrogens (primary N) is 1. The van der Waals surface area contributed by atoms with Crippen molar-refractivity contribution < 1.29 is 4.42 Å². The molecule has 0 amide bonds. The van der Waals surface area contributed by atoms with Gasteiger partial charge >= 0.3 is 0 Å². The molecule has 2 N–H and O–H groups in total. The number of rotatable bonds is 2. The highest BCUT2D eigenvalue weighted by molar-refractivity contribution is 7.13. The molecular weight excluding hydrogens is 246 g/mol. The summed E-state index contributed by atoms with van der Waals surface area (Å²) < 4.78 is 5.45. The van der Waals surface area contributed by atoms with E-state index in [2.05, 4.69) is 9.97 Å². The monoisotopic (exact) mass is 259 g/mol. The largest absolute Gasteiger partial charge is 0.441 e. The Balaban J connectivity index is 2.06. The van der Waals surface area contributed by atoms with Crippen LogP contribution in [0.1, 0.15) is 24.6 Å². The molecule has 0 bridgehead atoms. The van der Waals surface area contributed by atoms with Crippen LogP contribution in [0.3, 0.4) is 0 Å². The van der Waals surface area contributed by atoms with Crippen LogP contribution in [0.4, 0.5) is 0 Å². The normalized spacial score (nSPS) is 13.1. The van der Waals surface area contributed by atoms with Gasteiger partial charge in [-0.15, -0.1) is 11.3 Å². The van der Waals surface area contributed by atoms with E-state index in [1.807, 2.05) is 37.4 Å². The van der Waals surface area contributed by atoms with Gasteiger partial charge in [-0.05, 0) is 25.1 Å². The lowest BCUT2D eigenvalue weighted by atomic mass is 10.2. The van der Waals surface area contributed by atoms with Gasteiger partial charge in [0.2, 0.25) is 0 Å². The molecular formula is C13H13N3OS. The van der Waals surface area contributed by atoms with Crippen LogP contribution in [0.15, 0.2) is 28.0 Å². The first-order chi connectivity index (χ1) is 8.63. The predicted octanol–water partition coefficient (Wildman–Crippen LogP) is 3.28. The summed E-state index contributed by atoms with van der Waals surface area (Å²) in [4.78, 5) is 8.86. The van der Waals surface area contributed by atoms with E-state index in [4.69, 9.17) is 10.2 Å². The summed E-state index contributed by atoms with van der Waals surface area (Å²) in [6.07, 6.45) is 0. The van der Waals surface area contributed by atoms with Crippen LogP contribution in [-0.2, 0) is 0 Å². The standard InChI is InChI=1S/C13H13N3OS/c1-7(14)11-6-18-13(16-11)9-3-4-12-10(5-9)15-8(2)17-12/h3-7H,14H2,1-2H3. The zero-order chi connectivity index (χ0) is 12.7. The summed E-state index contributed by atoms with van der Waals surface area (Å²) in [5.41, 5.74) is 9.46. The molecule has 1 aromatic carbocycles. The van der Waals surface area contributed by atoms with E-state index in [0.29, 0.717) is 5.89 Å². The van der Waals surface area contributed by atoms with Crippen molar-refractivity contribution >= 4 is 22.4 Å². The summed E-state index contributed by atoms with van der Waals surface area (Å²) in [7, 11) is 0. The average molecular weight is 259 g/mol. The maximum absolute atomic E-state index is 5.82. The number of aromatic nitrogens is 2. The zero-order valence-electron chi connectivity index (χ0n) is 10.2. The molecule has 5 heteroatoms. The van der Waals surface area contributed by atoms with Gasteiger partial charge in [-0.1, -0.05) is 0 Å². The molecule has 1 atom stereocenters. The molecule has 0 spiro atoms. The van der Waals surface area contributed by atoms with Crippen LogP contribution in [0, 0.1) is 6.92 Å². The fourth-order valence-corrected chi connectivity index (χ4v) is 2.72. The summed E-state index contributed by atoms with van der Waals surface area (Å²) in [5.74, 6) is 0.678. The molecule has 0 aliphatic rings. The number of benzene rings is 1. The molecule has 0 radical (unpaired) electrons. The molecule has 3 aromatic rings. The molecule has 2 heterocycles. The highest BCUT2D eigenvalue weighted by Gasteiger charge is 2.10. The van der Waals surface area contributed by atoms with Crippen molar-refractivity contribution in [3.8, 4) is 10.6 Å². The first kappa shape index (κ1) is 11.4. The number of fused-ring (bicyclic) bond motifs is 1. The number of hydrogen-bond donors (Lipinski definition) is 1. The van der Waals surface area contributed by atoms with Crippen LogP contribution >= 0.6 is 11.3 Å². The zero-order valence-corrected chi connectivity index (χ0v) is 11.0. The SMILES string of the molecule is Cc1nc2cc(-c3nc(C(C)N)cs3)ccc2o1. The second-order valence-corrected chi connectivity index (χ2v) is 5.14. The highest BCUT2D eigenvalue weighted by Crippen LogP contribution is 2.28. The Labute approximate surface area is 108 Å². The topological polar surface area (TPSA) is 64.9 Å². The Bertz CT molecular complexity index is 699. The molecule has 0 saturated heterocycles. The second kappa shape index (κ2) is 4.19. The van der Waals surface area contributed by atoms with Gasteiger partial charge in [-0.3, -0.25) is 0 Å². The second-order valence-electron chi connectivity index (χ2n) is 4.28. The molecule has 1 unspecified atom stereocenters. The molecule has 3 rings (SSSR count). The Morgan fingerprint density at radius 2 is 2.17 bits per heavy atom. The third kappa shape index (κ3) is 1.91. The van der Waals surface area contributed by atoms with Gasteiger partial charge in [0.15, 0.2) is 11.5 Å². The van der Waals surface area contributed by atoms with Crippen molar-refractivity contribution in [3.05, 3.63) is 35.2 Å². The summed E-state index contributed by atoms with van der Waals surface area (Å²) in [6, 6.07) is 5.89. The average Bonchev–Trinajstić information content (AvgIpc) is 2.91. The smallest absolute Gasteiger partial charge is 0.192 e. The van der Waals surface area contributed by atoms with Crippen molar-refractivity contribution in [1.82, 2.24) is 9.97 Å². The van der Waals surface area contributed by atoms with E-state index in [1.54, 1.807) is 11.3 Å². The number of aryl methyl sites for hydroxylation is 1. The van der Waals surface area contributed by atoms with Crippen molar-refractivity contribution in [2.24, 2.45) is 5.73 Å². The molecule has 2 aromatic heterocycles. The van der Waals surface area contributed by atoms with E-state index >= 15 is 0 Å². The van der Waals surface area contributed by atoms with Crippen LogP contribution < -0.4 is 5.73 Å². The van der Waals surface area contributed by atoms with E-state index in [0.717, 1.165) is 27.4 Å². The van der Waals surface area contributed by atoms with Crippen molar-refractivity contribution in [3.63, 3.8) is 0 Å². The van der Waals surface area contributed by atoms with Crippen molar-refractivity contribution in [2.45, 2.75) is 19.9 Å². The molecule has 0 fully saturated rings. The Kier molecular flexibility index (Phi) is 2.65. The van der Waals surface area contributed by atoms with Gasteiger partial charge < -0.3 is 10.2 Å². The Hall–Kier alpha value is -1.72. The predicted molar refractivity (Wildman–Crippen MR) is 72.5 cm³/mol. The summed E-state index contributed by atoms with van der Waals surface area (Å²) in [6.45, 7) is 3.78. The van der Waals surface area contributed by atoms with Crippen molar-refractivity contribution in [2.75, 3.05) is 0 Å². The molecule has 4 nitrogen and oxygen atoms in total. The number of thiazole rings is 1. The van der Waals surface area contributed by atoms with Crippen LogP contribution in [-0.4, -0.2) is 9.97 Å². The van der Waals surface area contributed by atoms with Gasteiger partial charge in [0.05, 0.1) is 5.69 Å². The van der Waals surface area contributed by atoms with Gasteiger partial charge in [-0.25, -0.2) is 9.97 Å². The lowest BCUT2D eigenvalue weighted by Gasteiger charge is -1.98. The molecule has 18 heavy (non-hydrogen) atoms. The molecule has 0 aliphatic carbocycles. The fraction of sp³-hybridized carbons (Fsp3) is 0.231. The molecule has 92 valence electrons. The Morgan fingerprint density at radius 1 is 1.33 bits per heavy atom. The third-order valence-electron chi connectivity index (χ3n) is 2.73. The van der Waals surface area contributed by atoms with E-state index in [9.17, 15) is 0 Å². The number of nitrogens with zero attached hydrogens (tertiary/aromatic N) is 2. The maximum atomic E-state index is 5.82. The number of oxazole rings is 1. The highest BCUT2D eigenvalue weighted by atomic mass is 32.1. The van der Waals surface area contributed by atoms with E-state index < -0.39 is 0 Å². The van der Waals surface area contributed by atoms with Gasteiger partial charge in [0.25, 0.3) is 0 Å². The van der Waals surface area contributed by atoms with Crippen LogP contribution in [0.25, 0.3) is 21.7 Å². The minimum atomic E-state index is -0.0342. The quantitative estimate of drug-likeness (QED) is 0.767. The lowest BCUT2D eigenvalue weighted by molar-refractivity contribution is 0.561. The number of hydrogen-bond acceptors (Lipinski definition) is 5. The van der Waals surface area contributed by atoms with Gasteiger partial charge in [0, 0.05) is 23.9 Å². The van der Waals surface area contributed by atoms with Crippen LogP contribution in [0.5, 0.6) is 0 Å². The maximum Gasteiger partial charge on any atom is 0.192 e. The minimum Gasteiger partial charge on any atom is -0.441 e. The van der Waals surface area contributed by atoms with Crippen molar-refractivity contribution in [1.29, 1.82) is 0 Å². The lowest BCUT2D eigenvalue weighted by Crippen LogP contribution is -2.04. The van der Waals surface area contributed by atoms with Crippen LogP contribution in [0.2, 0.25) is 0 Å².